The molecule has 0 aliphatic heterocycles. The van der Waals surface area contributed by atoms with Crippen LogP contribution < -0.4 is 10.6 Å². The van der Waals surface area contributed by atoms with Gasteiger partial charge >= 0.3 is 12.2 Å². The number of amides is 2. The van der Waals surface area contributed by atoms with Crippen LogP contribution in [0.5, 0.6) is 0 Å². The van der Waals surface area contributed by atoms with E-state index in [1.165, 1.54) is 23.5 Å². The lowest BCUT2D eigenvalue weighted by Gasteiger charge is -2.11. The molecule has 0 saturated carbocycles. The first-order valence-electron chi connectivity index (χ1n) is 8.05. The van der Waals surface area contributed by atoms with Crippen molar-refractivity contribution in [2.24, 2.45) is 0 Å². The fraction of sp³-hybridized carbons (Fsp3) is 0.158. The second-order valence-corrected chi connectivity index (χ2v) is 6.74. The van der Waals surface area contributed by atoms with E-state index in [1.54, 1.807) is 18.2 Å². The number of nitrogens with one attached hydrogen (secondary N) is 2. The summed E-state index contributed by atoms with van der Waals surface area (Å²) < 4.78 is 38.2. The SMILES string of the molecule is Cc1csc(-c2cccc(NC(=O)NCc3cccc(C(F)(F)F)c3)c2)n1. The van der Waals surface area contributed by atoms with Gasteiger partial charge in [0.2, 0.25) is 0 Å². The molecule has 0 aliphatic rings. The monoisotopic (exact) mass is 391 g/mol. The number of rotatable bonds is 4. The summed E-state index contributed by atoms with van der Waals surface area (Å²) in [4.78, 5) is 16.5. The summed E-state index contributed by atoms with van der Waals surface area (Å²) in [6.07, 6.45) is -4.41. The van der Waals surface area contributed by atoms with Crippen LogP contribution in [0.4, 0.5) is 23.7 Å². The van der Waals surface area contributed by atoms with E-state index in [2.05, 4.69) is 15.6 Å². The molecule has 0 aliphatic carbocycles. The first-order valence-corrected chi connectivity index (χ1v) is 8.93. The van der Waals surface area contributed by atoms with Crippen molar-refractivity contribution in [1.82, 2.24) is 10.3 Å². The first kappa shape index (κ1) is 18.9. The number of nitrogens with zero attached hydrogens (tertiary/aromatic N) is 1. The number of carbonyl (C=O) groups excluding carboxylic acids is 1. The molecule has 0 unspecified atom stereocenters. The lowest BCUT2D eigenvalue weighted by Crippen LogP contribution is -2.28. The van der Waals surface area contributed by atoms with Crippen molar-refractivity contribution < 1.29 is 18.0 Å². The maximum Gasteiger partial charge on any atom is 0.416 e. The van der Waals surface area contributed by atoms with E-state index in [9.17, 15) is 18.0 Å². The van der Waals surface area contributed by atoms with Crippen LogP contribution in [0.1, 0.15) is 16.8 Å². The zero-order valence-corrected chi connectivity index (χ0v) is 15.1. The topological polar surface area (TPSA) is 54.0 Å². The number of urea groups is 1. The number of thiazole rings is 1. The normalized spacial score (nSPS) is 11.3. The number of hydrogen-bond donors (Lipinski definition) is 2. The molecule has 0 spiro atoms. The van der Waals surface area contributed by atoms with Crippen molar-refractivity contribution in [3.63, 3.8) is 0 Å². The Morgan fingerprint density at radius 2 is 1.93 bits per heavy atom. The third-order valence-electron chi connectivity index (χ3n) is 3.69. The standard InChI is InChI=1S/C19H16F3N3OS/c1-12-11-27-17(24-12)14-5-3-7-16(9-14)25-18(26)23-10-13-4-2-6-15(8-13)19(20,21)22/h2-9,11H,10H2,1H3,(H2,23,25,26). The number of hydrogen-bond acceptors (Lipinski definition) is 3. The first-order chi connectivity index (χ1) is 12.8. The van der Waals surface area contributed by atoms with Gasteiger partial charge in [-0.05, 0) is 36.8 Å². The Morgan fingerprint density at radius 1 is 1.15 bits per heavy atom. The van der Waals surface area contributed by atoms with Gasteiger partial charge in [0, 0.05) is 28.9 Å². The Bertz CT molecular complexity index is 953. The number of benzene rings is 2. The molecule has 0 atom stereocenters. The molecule has 0 saturated heterocycles. The smallest absolute Gasteiger partial charge is 0.334 e. The summed E-state index contributed by atoms with van der Waals surface area (Å²) in [6.45, 7) is 1.89. The maximum absolute atomic E-state index is 12.7. The van der Waals surface area contributed by atoms with Gasteiger partial charge < -0.3 is 10.6 Å². The number of anilines is 1. The third kappa shape index (κ3) is 5.07. The fourth-order valence-electron chi connectivity index (χ4n) is 2.43. The second-order valence-electron chi connectivity index (χ2n) is 5.88. The zero-order valence-electron chi connectivity index (χ0n) is 14.3. The molecule has 0 fully saturated rings. The highest BCUT2D eigenvalue weighted by molar-refractivity contribution is 7.13. The van der Waals surface area contributed by atoms with Gasteiger partial charge in [-0.3, -0.25) is 0 Å². The zero-order chi connectivity index (χ0) is 19.4. The minimum atomic E-state index is -4.41. The highest BCUT2D eigenvalue weighted by atomic mass is 32.1. The van der Waals surface area contributed by atoms with Crippen LogP contribution in [-0.2, 0) is 12.7 Å². The van der Waals surface area contributed by atoms with Gasteiger partial charge in [0.05, 0.1) is 5.56 Å². The van der Waals surface area contributed by atoms with E-state index in [1.807, 2.05) is 18.4 Å². The van der Waals surface area contributed by atoms with Crippen molar-refractivity contribution in [2.75, 3.05) is 5.32 Å². The van der Waals surface area contributed by atoms with E-state index in [4.69, 9.17) is 0 Å². The van der Waals surface area contributed by atoms with E-state index in [0.29, 0.717) is 11.3 Å². The van der Waals surface area contributed by atoms with Crippen molar-refractivity contribution in [3.05, 3.63) is 70.7 Å². The summed E-state index contributed by atoms with van der Waals surface area (Å²) in [5.41, 5.74) is 2.00. The van der Waals surface area contributed by atoms with Gasteiger partial charge in [-0.1, -0.05) is 24.3 Å². The predicted molar refractivity (Wildman–Crippen MR) is 99.6 cm³/mol. The van der Waals surface area contributed by atoms with Gasteiger partial charge in [0.1, 0.15) is 5.01 Å². The van der Waals surface area contributed by atoms with Crippen LogP contribution in [-0.4, -0.2) is 11.0 Å². The van der Waals surface area contributed by atoms with E-state index < -0.39 is 17.8 Å². The minimum absolute atomic E-state index is 0.0128. The second kappa shape index (κ2) is 7.79. The summed E-state index contributed by atoms with van der Waals surface area (Å²) >= 11 is 1.51. The molecular formula is C19H16F3N3OS. The maximum atomic E-state index is 12.7. The molecule has 3 rings (SSSR count). The number of halogens is 3. The lowest BCUT2D eigenvalue weighted by atomic mass is 10.1. The van der Waals surface area contributed by atoms with Crippen LogP contribution in [0.2, 0.25) is 0 Å². The molecule has 27 heavy (non-hydrogen) atoms. The predicted octanol–water partition coefficient (Wildman–Crippen LogP) is 5.46. The summed E-state index contributed by atoms with van der Waals surface area (Å²) in [6, 6.07) is 11.6. The van der Waals surface area contributed by atoms with Crippen LogP contribution in [0.15, 0.2) is 53.9 Å². The highest BCUT2D eigenvalue weighted by Crippen LogP contribution is 2.29. The minimum Gasteiger partial charge on any atom is -0.334 e. The van der Waals surface area contributed by atoms with Crippen LogP contribution in [0, 0.1) is 6.92 Å². The summed E-state index contributed by atoms with van der Waals surface area (Å²) in [5, 5.41) is 8.03. The molecule has 140 valence electrons. The van der Waals surface area contributed by atoms with E-state index >= 15 is 0 Å². The van der Waals surface area contributed by atoms with E-state index in [-0.39, 0.29) is 6.54 Å². The molecule has 2 N–H and O–H groups in total. The van der Waals surface area contributed by atoms with Gasteiger partial charge in [0.15, 0.2) is 0 Å². The van der Waals surface area contributed by atoms with Gasteiger partial charge in [-0.25, -0.2) is 9.78 Å². The van der Waals surface area contributed by atoms with Crippen LogP contribution in [0.3, 0.4) is 0 Å². The quantitative estimate of drug-likeness (QED) is 0.621. The number of aromatic nitrogens is 1. The van der Waals surface area contributed by atoms with Crippen LogP contribution >= 0.6 is 11.3 Å². The van der Waals surface area contributed by atoms with Gasteiger partial charge in [0.25, 0.3) is 0 Å². The Labute approximate surface area is 158 Å². The van der Waals surface area contributed by atoms with Gasteiger partial charge in [-0.2, -0.15) is 13.2 Å². The average Bonchev–Trinajstić information content (AvgIpc) is 3.06. The molecule has 2 amide bonds. The Balaban J connectivity index is 1.62. The molecular weight excluding hydrogens is 375 g/mol. The van der Waals surface area contributed by atoms with Crippen molar-refractivity contribution in [1.29, 1.82) is 0 Å². The highest BCUT2D eigenvalue weighted by Gasteiger charge is 2.30. The molecule has 0 radical (unpaired) electrons. The summed E-state index contributed by atoms with van der Waals surface area (Å²) in [5.74, 6) is 0. The molecule has 8 heteroatoms. The van der Waals surface area contributed by atoms with Crippen molar-refractivity contribution in [3.8, 4) is 10.6 Å². The number of carbonyl (C=O) groups is 1. The average molecular weight is 391 g/mol. The Kier molecular flexibility index (Phi) is 5.46. The third-order valence-corrected chi connectivity index (χ3v) is 4.70. The molecule has 1 heterocycles. The Morgan fingerprint density at radius 3 is 2.63 bits per heavy atom. The molecule has 2 aromatic carbocycles. The Hall–Kier alpha value is -2.87. The molecule has 0 bridgehead atoms. The largest absolute Gasteiger partial charge is 0.416 e. The fourth-order valence-corrected chi connectivity index (χ4v) is 3.23. The summed E-state index contributed by atoms with van der Waals surface area (Å²) in [7, 11) is 0. The van der Waals surface area contributed by atoms with E-state index in [0.717, 1.165) is 28.4 Å². The molecule has 1 aromatic heterocycles. The van der Waals surface area contributed by atoms with Gasteiger partial charge in [-0.15, -0.1) is 11.3 Å². The van der Waals surface area contributed by atoms with Crippen molar-refractivity contribution in [2.45, 2.75) is 19.6 Å². The number of aryl methyl sites for hydroxylation is 1. The van der Waals surface area contributed by atoms with Crippen molar-refractivity contribution >= 4 is 23.1 Å². The molecule has 4 nitrogen and oxygen atoms in total. The molecule has 3 aromatic rings. The lowest BCUT2D eigenvalue weighted by molar-refractivity contribution is -0.137. The van der Waals surface area contributed by atoms with Crippen LogP contribution in [0.25, 0.3) is 10.6 Å². The number of alkyl halides is 3.